The lowest BCUT2D eigenvalue weighted by molar-refractivity contribution is -0.129. The number of Topliss-reactive ketones (excluding diaryl/α,β-unsaturated/α-hetero) is 1. The second kappa shape index (κ2) is 4.56. The molecule has 3 aliphatic rings. The molecular weight excluding hydrogens is 256 g/mol. The molecule has 0 amide bonds. The molecule has 2 saturated carbocycles. The van der Waals surface area contributed by atoms with Crippen molar-refractivity contribution < 1.29 is 4.79 Å². The molecule has 0 aromatic heterocycles. The number of ketones is 1. The first-order valence-electron chi connectivity index (χ1n) is 8.42. The van der Waals surface area contributed by atoms with Gasteiger partial charge in [-0.05, 0) is 66.5 Å². The van der Waals surface area contributed by atoms with Crippen molar-refractivity contribution in [3.8, 4) is 0 Å². The molecule has 1 nitrogen and oxygen atoms in total. The number of carbonyl (C=O) groups excluding carboxylic acids is 1. The Morgan fingerprint density at radius 2 is 2.10 bits per heavy atom. The zero-order valence-electron chi connectivity index (χ0n) is 12.9. The first kappa shape index (κ1) is 13.3. The van der Waals surface area contributed by atoms with E-state index in [1.54, 1.807) is 5.56 Å². The number of carbonyl (C=O) groups is 1. The average molecular weight is 280 g/mol. The van der Waals surface area contributed by atoms with E-state index in [1.807, 2.05) is 6.08 Å². The van der Waals surface area contributed by atoms with Crippen molar-refractivity contribution in [3.63, 3.8) is 0 Å². The number of fused-ring (bicyclic) bond motifs is 5. The van der Waals surface area contributed by atoms with Gasteiger partial charge in [0.2, 0.25) is 0 Å². The van der Waals surface area contributed by atoms with Crippen molar-refractivity contribution in [3.05, 3.63) is 41.5 Å². The summed E-state index contributed by atoms with van der Waals surface area (Å²) in [6, 6.07) is 6.87. The molecule has 1 heteroatoms. The second-order valence-electron chi connectivity index (χ2n) is 7.50. The van der Waals surface area contributed by atoms with Crippen LogP contribution >= 0.6 is 0 Å². The summed E-state index contributed by atoms with van der Waals surface area (Å²) >= 11 is 0. The summed E-state index contributed by atoms with van der Waals surface area (Å²) in [6.45, 7) is 6.13. The normalized spacial score (nSPS) is 37.6. The van der Waals surface area contributed by atoms with E-state index >= 15 is 0 Å². The third-order valence-electron chi connectivity index (χ3n) is 6.70. The van der Waals surface area contributed by atoms with Gasteiger partial charge in [0, 0.05) is 11.8 Å². The van der Waals surface area contributed by atoms with E-state index in [1.165, 1.54) is 30.4 Å². The highest BCUT2D eigenvalue weighted by atomic mass is 16.1. The van der Waals surface area contributed by atoms with Gasteiger partial charge in [-0.2, -0.15) is 0 Å². The summed E-state index contributed by atoms with van der Waals surface area (Å²) in [4.78, 5) is 12.3. The Hall–Kier alpha value is -1.37. The fourth-order valence-electron chi connectivity index (χ4n) is 5.50. The number of aryl methyl sites for hydroxylation is 1. The molecule has 3 aliphatic carbocycles. The molecule has 1 aromatic rings. The Morgan fingerprint density at radius 3 is 2.90 bits per heavy atom. The predicted molar refractivity (Wildman–Crippen MR) is 86.2 cm³/mol. The van der Waals surface area contributed by atoms with Gasteiger partial charge in [-0.3, -0.25) is 4.79 Å². The van der Waals surface area contributed by atoms with E-state index < -0.39 is 0 Å². The number of hydrogen-bond donors (Lipinski definition) is 0. The Morgan fingerprint density at radius 1 is 1.24 bits per heavy atom. The lowest BCUT2D eigenvalue weighted by Gasteiger charge is -2.48. The molecule has 3 unspecified atom stereocenters. The molecule has 0 heterocycles. The van der Waals surface area contributed by atoms with Crippen LogP contribution in [0.5, 0.6) is 0 Å². The third kappa shape index (κ3) is 1.79. The molecule has 1 aromatic carbocycles. The van der Waals surface area contributed by atoms with Crippen LogP contribution in [0.1, 0.15) is 61.6 Å². The lowest BCUT2D eigenvalue weighted by atomic mass is 9.55. The lowest BCUT2D eigenvalue weighted by Crippen LogP contribution is -2.42. The molecule has 0 bridgehead atoms. The highest BCUT2D eigenvalue weighted by Crippen LogP contribution is 2.59. The summed E-state index contributed by atoms with van der Waals surface area (Å²) in [7, 11) is 0. The maximum Gasteiger partial charge on any atom is 0.139 e. The van der Waals surface area contributed by atoms with Gasteiger partial charge in [0.25, 0.3) is 0 Å². The highest BCUT2D eigenvalue weighted by molar-refractivity contribution is 5.87. The summed E-state index contributed by atoms with van der Waals surface area (Å²) in [6.07, 6.45) is 8.65. The molecule has 21 heavy (non-hydrogen) atoms. The van der Waals surface area contributed by atoms with Crippen LogP contribution in [-0.2, 0) is 11.2 Å². The Bertz CT molecular complexity index is 614. The van der Waals surface area contributed by atoms with E-state index in [2.05, 4.69) is 31.7 Å². The second-order valence-corrected chi connectivity index (χ2v) is 7.50. The van der Waals surface area contributed by atoms with Crippen molar-refractivity contribution in [1.29, 1.82) is 0 Å². The molecule has 0 spiro atoms. The largest absolute Gasteiger partial charge is 0.299 e. The summed E-state index contributed by atoms with van der Waals surface area (Å²) in [5.74, 6) is 2.60. The summed E-state index contributed by atoms with van der Waals surface area (Å²) in [5.41, 5.74) is 4.34. The quantitative estimate of drug-likeness (QED) is 0.725. The van der Waals surface area contributed by atoms with Gasteiger partial charge in [-0.15, -0.1) is 0 Å². The van der Waals surface area contributed by atoms with Gasteiger partial charge in [-0.25, -0.2) is 0 Å². The Kier molecular flexibility index (Phi) is 2.89. The molecule has 0 N–H and O–H groups in total. The van der Waals surface area contributed by atoms with Crippen LogP contribution in [0.3, 0.4) is 0 Å². The summed E-state index contributed by atoms with van der Waals surface area (Å²) < 4.78 is 0. The monoisotopic (exact) mass is 280 g/mol. The number of hydrogen-bond acceptors (Lipinski definition) is 1. The minimum atomic E-state index is -0.000271. The standard InChI is InChI=1S/C20H24O/c1-3-13-4-6-15-14(12-13)5-7-17-16(15)10-11-20(2)18(17)8-9-19(20)21/h3-4,6,12,16-18H,1,5,7-11H2,2H3/t16?,17?,18?,20-/m0/s1. The molecule has 0 aliphatic heterocycles. The fraction of sp³-hybridized carbons (Fsp3) is 0.550. The first-order valence-corrected chi connectivity index (χ1v) is 8.42. The van der Waals surface area contributed by atoms with E-state index in [0.29, 0.717) is 17.6 Å². The van der Waals surface area contributed by atoms with E-state index in [9.17, 15) is 4.79 Å². The molecular formula is C20H24O. The molecule has 2 fully saturated rings. The predicted octanol–water partition coefficient (Wildman–Crippen LogP) is 4.75. The smallest absolute Gasteiger partial charge is 0.139 e. The Labute approximate surface area is 127 Å². The molecule has 4 atom stereocenters. The van der Waals surface area contributed by atoms with Crippen LogP contribution in [0, 0.1) is 17.3 Å². The molecule has 110 valence electrons. The van der Waals surface area contributed by atoms with Crippen LogP contribution in [0.15, 0.2) is 24.8 Å². The van der Waals surface area contributed by atoms with E-state index in [0.717, 1.165) is 25.2 Å². The zero-order valence-corrected chi connectivity index (χ0v) is 12.9. The van der Waals surface area contributed by atoms with Gasteiger partial charge in [0.1, 0.15) is 5.78 Å². The van der Waals surface area contributed by atoms with Crippen LogP contribution < -0.4 is 0 Å². The van der Waals surface area contributed by atoms with Crippen LogP contribution in [-0.4, -0.2) is 5.78 Å². The molecule has 0 saturated heterocycles. The summed E-state index contributed by atoms with van der Waals surface area (Å²) in [5, 5.41) is 0. The van der Waals surface area contributed by atoms with Gasteiger partial charge in [0.15, 0.2) is 0 Å². The van der Waals surface area contributed by atoms with Gasteiger partial charge < -0.3 is 0 Å². The number of benzene rings is 1. The Balaban J connectivity index is 1.71. The minimum absolute atomic E-state index is 0.000271. The average Bonchev–Trinajstić information content (AvgIpc) is 2.82. The van der Waals surface area contributed by atoms with E-state index in [-0.39, 0.29) is 5.41 Å². The molecule has 0 radical (unpaired) electrons. The minimum Gasteiger partial charge on any atom is -0.299 e. The van der Waals surface area contributed by atoms with E-state index in [4.69, 9.17) is 0 Å². The van der Waals surface area contributed by atoms with Crippen LogP contribution in [0.4, 0.5) is 0 Å². The van der Waals surface area contributed by atoms with Crippen LogP contribution in [0.25, 0.3) is 6.08 Å². The number of rotatable bonds is 1. The zero-order chi connectivity index (χ0) is 14.6. The maximum atomic E-state index is 12.3. The SMILES string of the molecule is C=Cc1ccc2c(c1)CCC1C2CC[C@]2(C)C(=O)CCC12. The van der Waals surface area contributed by atoms with Gasteiger partial charge in [0.05, 0.1) is 0 Å². The van der Waals surface area contributed by atoms with Gasteiger partial charge in [-0.1, -0.05) is 37.8 Å². The van der Waals surface area contributed by atoms with Crippen molar-refractivity contribution in [2.45, 2.75) is 51.4 Å². The maximum absolute atomic E-state index is 12.3. The van der Waals surface area contributed by atoms with Crippen molar-refractivity contribution in [1.82, 2.24) is 0 Å². The topological polar surface area (TPSA) is 17.1 Å². The fourth-order valence-corrected chi connectivity index (χ4v) is 5.50. The highest BCUT2D eigenvalue weighted by Gasteiger charge is 2.54. The van der Waals surface area contributed by atoms with Gasteiger partial charge >= 0.3 is 0 Å². The molecule has 4 rings (SSSR count). The first-order chi connectivity index (χ1) is 10.1. The third-order valence-corrected chi connectivity index (χ3v) is 6.70. The van der Waals surface area contributed by atoms with Crippen molar-refractivity contribution in [2.75, 3.05) is 0 Å². The van der Waals surface area contributed by atoms with Crippen molar-refractivity contribution >= 4 is 11.9 Å². The van der Waals surface area contributed by atoms with Crippen molar-refractivity contribution in [2.24, 2.45) is 17.3 Å². The van der Waals surface area contributed by atoms with Crippen LogP contribution in [0.2, 0.25) is 0 Å².